The molecule has 0 spiro atoms. The number of hydrogen-bond donors (Lipinski definition) is 1. The maximum Gasteiger partial charge on any atom is 0.410 e. The Kier molecular flexibility index (Phi) is 5.16. The Hall–Kier alpha value is -2.90. The van der Waals surface area contributed by atoms with Crippen LogP contribution < -0.4 is 5.32 Å². The van der Waals surface area contributed by atoms with Crippen LogP contribution >= 0.6 is 0 Å². The second kappa shape index (κ2) is 7.38. The molecule has 144 valence electrons. The maximum absolute atomic E-state index is 12.8. The molecule has 0 atom stereocenters. The van der Waals surface area contributed by atoms with E-state index < -0.39 is 5.60 Å². The summed E-state index contributed by atoms with van der Waals surface area (Å²) >= 11 is 0. The van der Waals surface area contributed by atoms with Crippen molar-refractivity contribution in [1.29, 1.82) is 0 Å². The predicted octanol–water partition coefficient (Wildman–Crippen LogP) is 2.04. The lowest BCUT2D eigenvalue weighted by atomic mass is 10.1. The lowest BCUT2D eigenvalue weighted by molar-refractivity contribution is 0.0222. The molecule has 1 N–H and O–H groups in total. The van der Waals surface area contributed by atoms with E-state index in [0.29, 0.717) is 31.7 Å². The molecule has 1 aliphatic rings. The number of aryl methyl sites for hydroxylation is 1. The summed E-state index contributed by atoms with van der Waals surface area (Å²) in [4.78, 5) is 30.7. The van der Waals surface area contributed by atoms with Crippen molar-refractivity contribution in [1.82, 2.24) is 25.0 Å². The van der Waals surface area contributed by atoms with Crippen LogP contribution in [0.3, 0.4) is 0 Å². The van der Waals surface area contributed by atoms with Crippen LogP contribution in [0, 0.1) is 0 Å². The largest absolute Gasteiger partial charge is 0.444 e. The van der Waals surface area contributed by atoms with Crippen LogP contribution in [0.4, 0.5) is 4.79 Å². The van der Waals surface area contributed by atoms with Gasteiger partial charge in [-0.1, -0.05) is 0 Å². The minimum absolute atomic E-state index is 0.214. The molecule has 2 aromatic rings. The summed E-state index contributed by atoms with van der Waals surface area (Å²) < 4.78 is 7.05. The third-order valence-corrected chi connectivity index (χ3v) is 4.27. The summed E-state index contributed by atoms with van der Waals surface area (Å²) in [5.74, 6) is -0.214. The lowest BCUT2D eigenvalue weighted by Crippen LogP contribution is -2.40. The molecule has 0 radical (unpaired) electrons. The predicted molar refractivity (Wildman–Crippen MR) is 99.0 cm³/mol. The second-order valence-electron chi connectivity index (χ2n) is 7.59. The zero-order valence-electron chi connectivity index (χ0n) is 16.2. The lowest BCUT2D eigenvalue weighted by Gasteiger charge is -2.29. The summed E-state index contributed by atoms with van der Waals surface area (Å²) in [7, 11) is 1.75. The van der Waals surface area contributed by atoms with Crippen LogP contribution in [0.25, 0.3) is 0 Å². The number of nitrogens with zero attached hydrogens (tertiary/aromatic N) is 4. The van der Waals surface area contributed by atoms with Crippen LogP contribution in [0.5, 0.6) is 0 Å². The third kappa shape index (κ3) is 4.45. The highest BCUT2D eigenvalue weighted by atomic mass is 16.6. The number of nitrogens with one attached hydrogen (secondary N) is 1. The van der Waals surface area contributed by atoms with Crippen molar-refractivity contribution in [2.75, 3.05) is 6.54 Å². The van der Waals surface area contributed by atoms with Crippen LogP contribution in [0.15, 0.2) is 24.5 Å². The molecule has 8 heteroatoms. The number of aromatic nitrogens is 3. The van der Waals surface area contributed by atoms with Crippen molar-refractivity contribution in [3.8, 4) is 0 Å². The van der Waals surface area contributed by atoms with E-state index in [1.165, 1.54) is 0 Å². The van der Waals surface area contributed by atoms with E-state index in [1.54, 1.807) is 29.0 Å². The average Bonchev–Trinajstić information content (AvgIpc) is 2.94. The van der Waals surface area contributed by atoms with Crippen LogP contribution in [-0.4, -0.2) is 43.8 Å². The Morgan fingerprint density at radius 1 is 1.26 bits per heavy atom. The Labute approximate surface area is 158 Å². The van der Waals surface area contributed by atoms with E-state index in [9.17, 15) is 9.59 Å². The van der Waals surface area contributed by atoms with Gasteiger partial charge in [-0.05, 0) is 38.5 Å². The standard InChI is InChI=1S/C19H25N5O3/c1-19(2,3)27-18(26)24-10-7-15-14(12-24)16(23(4)22-15)17(25)21-11-13-5-8-20-9-6-13/h5-6,8-9H,7,10-12H2,1-4H3,(H,21,25). The van der Waals surface area contributed by atoms with Gasteiger partial charge in [0.15, 0.2) is 0 Å². The number of carbonyl (C=O) groups excluding carboxylic acids is 2. The Morgan fingerprint density at radius 3 is 2.63 bits per heavy atom. The van der Waals surface area contributed by atoms with Gasteiger partial charge >= 0.3 is 6.09 Å². The molecule has 0 aliphatic carbocycles. The maximum atomic E-state index is 12.8. The topological polar surface area (TPSA) is 89.4 Å². The van der Waals surface area contributed by atoms with E-state index in [2.05, 4.69) is 15.4 Å². The average molecular weight is 371 g/mol. The first-order valence-corrected chi connectivity index (χ1v) is 8.94. The number of hydrogen-bond acceptors (Lipinski definition) is 5. The number of ether oxygens (including phenoxy) is 1. The zero-order valence-corrected chi connectivity index (χ0v) is 16.2. The summed E-state index contributed by atoms with van der Waals surface area (Å²) in [5, 5.41) is 7.38. The van der Waals surface area contributed by atoms with Crippen LogP contribution in [0.2, 0.25) is 0 Å². The van der Waals surface area contributed by atoms with Crippen molar-refractivity contribution in [3.05, 3.63) is 47.0 Å². The van der Waals surface area contributed by atoms with Gasteiger partial charge in [0, 0.05) is 44.5 Å². The number of rotatable bonds is 3. The quantitative estimate of drug-likeness (QED) is 0.892. The smallest absolute Gasteiger partial charge is 0.410 e. The van der Waals surface area contributed by atoms with E-state index in [-0.39, 0.29) is 12.0 Å². The van der Waals surface area contributed by atoms with Gasteiger partial charge in [-0.3, -0.25) is 14.5 Å². The zero-order chi connectivity index (χ0) is 19.6. The molecular weight excluding hydrogens is 346 g/mol. The number of pyridine rings is 1. The first kappa shape index (κ1) is 18.9. The number of amides is 2. The fourth-order valence-corrected chi connectivity index (χ4v) is 3.03. The molecule has 0 saturated carbocycles. The molecule has 27 heavy (non-hydrogen) atoms. The molecule has 0 fully saturated rings. The molecular formula is C19H25N5O3. The highest BCUT2D eigenvalue weighted by Gasteiger charge is 2.31. The second-order valence-corrected chi connectivity index (χ2v) is 7.59. The van der Waals surface area contributed by atoms with E-state index in [4.69, 9.17) is 4.74 Å². The van der Waals surface area contributed by atoms with Gasteiger partial charge in [-0.25, -0.2) is 4.79 Å². The van der Waals surface area contributed by atoms with Crippen molar-refractivity contribution in [2.24, 2.45) is 7.05 Å². The minimum atomic E-state index is -0.558. The fourth-order valence-electron chi connectivity index (χ4n) is 3.03. The van der Waals surface area contributed by atoms with Crippen molar-refractivity contribution in [2.45, 2.75) is 45.9 Å². The molecule has 2 aromatic heterocycles. The Balaban J connectivity index is 1.74. The fraction of sp³-hybridized carbons (Fsp3) is 0.474. The van der Waals surface area contributed by atoms with E-state index in [1.807, 2.05) is 32.9 Å². The van der Waals surface area contributed by atoms with E-state index in [0.717, 1.165) is 16.8 Å². The molecule has 1 aliphatic heterocycles. The van der Waals surface area contributed by atoms with Crippen LogP contribution in [-0.2, 0) is 31.3 Å². The van der Waals surface area contributed by atoms with E-state index >= 15 is 0 Å². The normalized spacial score (nSPS) is 13.9. The van der Waals surface area contributed by atoms with Crippen molar-refractivity contribution >= 4 is 12.0 Å². The first-order valence-electron chi connectivity index (χ1n) is 8.94. The SMILES string of the molecule is Cn1nc2c(c1C(=O)NCc1ccncc1)CN(C(=O)OC(C)(C)C)CC2. The third-order valence-electron chi connectivity index (χ3n) is 4.27. The summed E-state index contributed by atoms with van der Waals surface area (Å²) in [6.45, 7) is 6.75. The molecule has 0 aromatic carbocycles. The monoisotopic (exact) mass is 371 g/mol. The molecule has 0 saturated heterocycles. The Bertz CT molecular complexity index is 839. The Morgan fingerprint density at radius 2 is 1.96 bits per heavy atom. The highest BCUT2D eigenvalue weighted by molar-refractivity contribution is 5.94. The number of fused-ring (bicyclic) bond motifs is 1. The van der Waals surface area contributed by atoms with Gasteiger partial charge in [-0.2, -0.15) is 5.10 Å². The molecule has 3 heterocycles. The van der Waals surface area contributed by atoms with Crippen molar-refractivity contribution < 1.29 is 14.3 Å². The van der Waals surface area contributed by atoms with Crippen LogP contribution in [0.1, 0.15) is 48.1 Å². The number of carbonyl (C=O) groups is 2. The molecule has 2 amide bonds. The molecule has 3 rings (SSSR count). The van der Waals surface area contributed by atoms with Gasteiger partial charge in [0.2, 0.25) is 0 Å². The van der Waals surface area contributed by atoms with Gasteiger partial charge in [-0.15, -0.1) is 0 Å². The minimum Gasteiger partial charge on any atom is -0.444 e. The summed E-state index contributed by atoms with van der Waals surface area (Å²) in [5.41, 5.74) is 2.52. The molecule has 0 unspecified atom stereocenters. The highest BCUT2D eigenvalue weighted by Crippen LogP contribution is 2.23. The van der Waals surface area contributed by atoms with Gasteiger partial charge in [0.1, 0.15) is 11.3 Å². The molecule has 8 nitrogen and oxygen atoms in total. The van der Waals surface area contributed by atoms with Gasteiger partial charge in [0.05, 0.1) is 12.2 Å². The van der Waals surface area contributed by atoms with Gasteiger partial charge < -0.3 is 15.0 Å². The summed E-state index contributed by atoms with van der Waals surface area (Å²) in [6, 6.07) is 3.70. The first-order chi connectivity index (χ1) is 12.7. The van der Waals surface area contributed by atoms with Gasteiger partial charge in [0.25, 0.3) is 5.91 Å². The molecule has 0 bridgehead atoms. The summed E-state index contributed by atoms with van der Waals surface area (Å²) in [6.07, 6.45) is 3.60. The van der Waals surface area contributed by atoms with Crippen molar-refractivity contribution in [3.63, 3.8) is 0 Å².